The monoisotopic (exact) mass is 540 g/mol. The molecule has 9 heteroatoms. The van der Waals surface area contributed by atoms with E-state index >= 15 is 0 Å². The second-order valence-corrected chi connectivity index (χ2v) is 10.8. The average molecular weight is 541 g/mol. The molecule has 37 heavy (non-hydrogen) atoms. The first-order valence-electron chi connectivity index (χ1n) is 12.5. The number of benzene rings is 1. The number of nitrogens with one attached hydrogen (secondary N) is 1. The standard InChI is InChI=1S/C18H26F3N3.C10H14FNS/c1-4-14(15-6-10-23(3)12-16(15)19)11-24(13(2)5-9-22)18(7-8-18)17(20)21;1-7(2)8-5-4-6-9(10(8)11)13-12-3/h4-5,9,11,15-17H,1-2,6-8,10,12,22H2,3H3;4-7,12H,1-3H3/b9-5+,14-11-;. The van der Waals surface area contributed by atoms with Crippen LogP contribution in [0.25, 0.3) is 0 Å². The summed E-state index contributed by atoms with van der Waals surface area (Å²) in [6.45, 7) is 12.7. The zero-order valence-electron chi connectivity index (χ0n) is 22.2. The van der Waals surface area contributed by atoms with Crippen LogP contribution in [0.15, 0.2) is 72.1 Å². The highest BCUT2D eigenvalue weighted by Gasteiger charge is 2.55. The molecule has 0 bridgehead atoms. The third kappa shape index (κ3) is 7.88. The Labute approximate surface area is 223 Å². The lowest BCUT2D eigenvalue weighted by Crippen LogP contribution is -2.41. The molecule has 206 valence electrons. The van der Waals surface area contributed by atoms with E-state index in [1.54, 1.807) is 25.4 Å². The van der Waals surface area contributed by atoms with E-state index in [1.165, 1.54) is 29.1 Å². The van der Waals surface area contributed by atoms with E-state index in [0.29, 0.717) is 42.0 Å². The van der Waals surface area contributed by atoms with Crippen LogP contribution in [0.2, 0.25) is 0 Å². The molecule has 2 aliphatic rings. The summed E-state index contributed by atoms with van der Waals surface area (Å²) in [6, 6.07) is 5.50. The number of hydrogen-bond acceptors (Lipinski definition) is 5. The summed E-state index contributed by atoms with van der Waals surface area (Å²) in [7, 11) is 3.66. The Morgan fingerprint density at radius 1 is 1.32 bits per heavy atom. The molecule has 1 saturated carbocycles. The molecule has 1 aromatic rings. The minimum absolute atomic E-state index is 0.100. The Kier molecular flexibility index (Phi) is 11.8. The molecular formula is C28H40F4N4S. The van der Waals surface area contributed by atoms with Crippen LogP contribution in [0.3, 0.4) is 0 Å². The first kappa shape index (κ1) is 31.0. The van der Waals surface area contributed by atoms with Crippen LogP contribution in [0.4, 0.5) is 17.6 Å². The molecule has 3 rings (SSSR count). The number of piperidine rings is 1. The predicted octanol–water partition coefficient (Wildman–Crippen LogP) is 6.61. The van der Waals surface area contributed by atoms with Gasteiger partial charge in [-0.15, -0.1) is 0 Å². The number of likely N-dealkylation sites (tertiary alicyclic amines) is 1. The smallest absolute Gasteiger partial charge is 0.261 e. The van der Waals surface area contributed by atoms with Gasteiger partial charge in [-0.1, -0.05) is 45.2 Å². The Morgan fingerprint density at radius 2 is 2.00 bits per heavy atom. The van der Waals surface area contributed by atoms with Gasteiger partial charge in [-0.3, -0.25) is 4.72 Å². The van der Waals surface area contributed by atoms with E-state index in [-0.39, 0.29) is 17.7 Å². The summed E-state index contributed by atoms with van der Waals surface area (Å²) in [5, 5.41) is 0. The maximum atomic E-state index is 14.5. The van der Waals surface area contributed by atoms with Gasteiger partial charge in [0.05, 0.1) is 4.90 Å². The SMILES string of the molecule is C=C/C(=C/N(C(=C)/C=C/N)C1(C(F)F)CC1)C1CCN(C)CC1F.CNSc1cccc(C(C)C)c1F. The fraction of sp³-hybridized carbons (Fsp3) is 0.500. The Balaban J connectivity index is 0.000000312. The van der Waals surface area contributed by atoms with Crippen molar-refractivity contribution in [3.63, 3.8) is 0 Å². The fourth-order valence-corrected chi connectivity index (χ4v) is 5.00. The van der Waals surface area contributed by atoms with Crippen molar-refractivity contribution in [2.75, 3.05) is 27.2 Å². The van der Waals surface area contributed by atoms with Gasteiger partial charge in [0.25, 0.3) is 6.43 Å². The van der Waals surface area contributed by atoms with E-state index < -0.39 is 18.1 Å². The largest absolute Gasteiger partial charge is 0.405 e. The van der Waals surface area contributed by atoms with E-state index in [4.69, 9.17) is 5.73 Å². The van der Waals surface area contributed by atoms with Crippen molar-refractivity contribution in [2.24, 2.45) is 11.7 Å². The average Bonchev–Trinajstić information content (AvgIpc) is 3.64. The summed E-state index contributed by atoms with van der Waals surface area (Å²) >= 11 is 1.31. The summed E-state index contributed by atoms with van der Waals surface area (Å²) in [5.74, 6) is -0.210. The van der Waals surface area contributed by atoms with Gasteiger partial charge < -0.3 is 15.5 Å². The summed E-state index contributed by atoms with van der Waals surface area (Å²) < 4.78 is 58.1. The molecular weight excluding hydrogens is 500 g/mol. The number of halogens is 4. The van der Waals surface area contributed by atoms with Crippen LogP contribution in [-0.2, 0) is 0 Å². The highest BCUT2D eigenvalue weighted by Crippen LogP contribution is 2.49. The molecule has 2 atom stereocenters. The van der Waals surface area contributed by atoms with Crippen LogP contribution in [0, 0.1) is 11.7 Å². The maximum absolute atomic E-state index is 14.5. The summed E-state index contributed by atoms with van der Waals surface area (Å²) in [4.78, 5) is 4.05. The summed E-state index contributed by atoms with van der Waals surface area (Å²) in [6.07, 6.45) is 3.73. The summed E-state index contributed by atoms with van der Waals surface area (Å²) in [5.41, 5.74) is 5.91. The normalized spacial score (nSPS) is 21.6. The Bertz CT molecular complexity index is 975. The number of rotatable bonds is 10. The minimum atomic E-state index is -2.51. The van der Waals surface area contributed by atoms with Gasteiger partial charge in [0, 0.05) is 24.4 Å². The van der Waals surface area contributed by atoms with Gasteiger partial charge >= 0.3 is 0 Å². The van der Waals surface area contributed by atoms with Crippen molar-refractivity contribution in [3.05, 3.63) is 78.6 Å². The third-order valence-electron chi connectivity index (χ3n) is 6.76. The zero-order valence-corrected chi connectivity index (χ0v) is 23.0. The maximum Gasteiger partial charge on any atom is 0.261 e. The lowest BCUT2D eigenvalue weighted by Gasteiger charge is -2.36. The van der Waals surface area contributed by atoms with Gasteiger partial charge in [-0.2, -0.15) is 0 Å². The highest BCUT2D eigenvalue weighted by molar-refractivity contribution is 7.97. The van der Waals surface area contributed by atoms with Gasteiger partial charge in [0.15, 0.2) is 0 Å². The molecule has 1 heterocycles. The molecule has 1 aromatic carbocycles. The highest BCUT2D eigenvalue weighted by atomic mass is 32.2. The molecule has 1 aliphatic carbocycles. The van der Waals surface area contributed by atoms with Crippen LogP contribution in [0.1, 0.15) is 44.6 Å². The van der Waals surface area contributed by atoms with Gasteiger partial charge in [0.1, 0.15) is 17.5 Å². The number of hydrogen-bond donors (Lipinski definition) is 2. The molecule has 1 aliphatic heterocycles. The van der Waals surface area contributed by atoms with Crippen molar-refractivity contribution in [3.8, 4) is 0 Å². The molecule has 3 N–H and O–H groups in total. The molecule has 0 radical (unpaired) electrons. The van der Waals surface area contributed by atoms with Crippen LogP contribution in [0.5, 0.6) is 0 Å². The number of nitrogens with two attached hydrogens (primary N) is 1. The van der Waals surface area contributed by atoms with Crippen molar-refractivity contribution < 1.29 is 17.6 Å². The molecule has 1 saturated heterocycles. The van der Waals surface area contributed by atoms with Crippen LogP contribution in [-0.4, -0.2) is 55.1 Å². The van der Waals surface area contributed by atoms with Crippen LogP contribution >= 0.6 is 11.9 Å². The van der Waals surface area contributed by atoms with E-state index in [0.717, 1.165) is 12.1 Å². The fourth-order valence-electron chi connectivity index (χ4n) is 4.42. The molecule has 2 unspecified atom stereocenters. The van der Waals surface area contributed by atoms with E-state index in [9.17, 15) is 17.6 Å². The molecule has 0 amide bonds. The van der Waals surface area contributed by atoms with E-state index in [1.807, 2.05) is 37.9 Å². The predicted molar refractivity (Wildman–Crippen MR) is 146 cm³/mol. The molecule has 4 nitrogen and oxygen atoms in total. The lowest BCUT2D eigenvalue weighted by molar-refractivity contribution is 0.0455. The Hall–Kier alpha value is -2.23. The van der Waals surface area contributed by atoms with Crippen molar-refractivity contribution in [1.29, 1.82) is 0 Å². The van der Waals surface area contributed by atoms with Crippen molar-refractivity contribution in [1.82, 2.24) is 14.5 Å². The number of allylic oxidation sites excluding steroid dienone is 3. The molecule has 0 aromatic heterocycles. The lowest BCUT2D eigenvalue weighted by atomic mass is 9.88. The third-order valence-corrected chi connectivity index (χ3v) is 7.50. The van der Waals surface area contributed by atoms with E-state index in [2.05, 4.69) is 17.9 Å². The van der Waals surface area contributed by atoms with Crippen LogP contribution < -0.4 is 10.5 Å². The second kappa shape index (κ2) is 14.1. The first-order valence-corrected chi connectivity index (χ1v) is 13.3. The minimum Gasteiger partial charge on any atom is -0.405 e. The van der Waals surface area contributed by atoms with Gasteiger partial charge in [-0.25, -0.2) is 17.6 Å². The molecule has 2 fully saturated rings. The Morgan fingerprint density at radius 3 is 2.49 bits per heavy atom. The van der Waals surface area contributed by atoms with Crippen molar-refractivity contribution in [2.45, 2.75) is 62.1 Å². The van der Waals surface area contributed by atoms with Gasteiger partial charge in [-0.05, 0) is 87.2 Å². The van der Waals surface area contributed by atoms with Crippen molar-refractivity contribution >= 4 is 11.9 Å². The van der Waals surface area contributed by atoms with Gasteiger partial charge in [0.2, 0.25) is 0 Å². The first-order chi connectivity index (χ1) is 17.5. The quantitative estimate of drug-likeness (QED) is 0.199. The second-order valence-electron chi connectivity index (χ2n) is 9.75. The number of nitrogens with zero attached hydrogens (tertiary/aromatic N) is 2. The molecule has 0 spiro atoms. The topological polar surface area (TPSA) is 44.5 Å². The number of alkyl halides is 3. The zero-order chi connectivity index (χ0) is 27.8.